The zero-order valence-electron chi connectivity index (χ0n) is 11.1. The van der Waals surface area contributed by atoms with Crippen LogP contribution in [0.5, 0.6) is 0 Å². The van der Waals surface area contributed by atoms with Crippen LogP contribution in [-0.4, -0.2) is 33.5 Å². The van der Waals surface area contributed by atoms with Crippen molar-refractivity contribution in [2.75, 3.05) is 13.7 Å². The van der Waals surface area contributed by atoms with E-state index in [-0.39, 0.29) is 6.04 Å². The monoisotopic (exact) mass is 281 g/mol. The second-order valence-corrected chi connectivity index (χ2v) is 6.05. The van der Waals surface area contributed by atoms with Crippen LogP contribution < -0.4 is 5.73 Å². The van der Waals surface area contributed by atoms with Crippen molar-refractivity contribution in [2.24, 2.45) is 5.73 Å². The third-order valence-corrected chi connectivity index (χ3v) is 4.73. The fourth-order valence-corrected chi connectivity index (χ4v) is 3.48. The fourth-order valence-electron chi connectivity index (χ4n) is 2.60. The van der Waals surface area contributed by atoms with Gasteiger partial charge in [0.15, 0.2) is 5.82 Å². The molecule has 0 amide bonds. The summed E-state index contributed by atoms with van der Waals surface area (Å²) in [5, 5.41) is 14.0. The first-order chi connectivity index (χ1) is 9.29. The number of aromatic nitrogens is 4. The first-order valence-electron chi connectivity index (χ1n) is 6.76. The van der Waals surface area contributed by atoms with Gasteiger partial charge >= 0.3 is 0 Å². The molecule has 0 aromatic carbocycles. The predicted octanol–water partition coefficient (Wildman–Crippen LogP) is 1.88. The summed E-state index contributed by atoms with van der Waals surface area (Å²) in [4.78, 5) is 0.852. The molecule has 2 N–H and O–H groups in total. The molecule has 1 atom stereocenters. The van der Waals surface area contributed by atoms with Crippen molar-refractivity contribution in [1.29, 1.82) is 0 Å². The Labute approximate surface area is 116 Å². The third-order valence-electron chi connectivity index (χ3n) is 3.70. The molecule has 0 aliphatic heterocycles. The zero-order chi connectivity index (χ0) is 13.2. The van der Waals surface area contributed by atoms with Gasteiger partial charge < -0.3 is 10.5 Å². The largest absolute Gasteiger partial charge is 0.385 e. The SMILES string of the molecule is COCCC(N)c1nn2c(C3CCCC3)nnc2s1. The van der Waals surface area contributed by atoms with E-state index in [1.807, 2.05) is 4.52 Å². The van der Waals surface area contributed by atoms with Crippen LogP contribution in [0.15, 0.2) is 0 Å². The Morgan fingerprint density at radius 2 is 2.21 bits per heavy atom. The van der Waals surface area contributed by atoms with Gasteiger partial charge in [-0.2, -0.15) is 9.61 Å². The summed E-state index contributed by atoms with van der Waals surface area (Å²) >= 11 is 1.53. The van der Waals surface area contributed by atoms with Gasteiger partial charge in [-0.15, -0.1) is 10.2 Å². The maximum Gasteiger partial charge on any atom is 0.234 e. The first kappa shape index (κ1) is 13.0. The molecule has 0 saturated heterocycles. The van der Waals surface area contributed by atoms with Gasteiger partial charge in [-0.3, -0.25) is 0 Å². The van der Waals surface area contributed by atoms with Gasteiger partial charge in [0.25, 0.3) is 0 Å². The van der Waals surface area contributed by atoms with Crippen LogP contribution >= 0.6 is 11.3 Å². The molecule has 0 bridgehead atoms. The summed E-state index contributed by atoms with van der Waals surface area (Å²) in [7, 11) is 1.68. The number of methoxy groups -OCH3 is 1. The van der Waals surface area contributed by atoms with Crippen LogP contribution in [0.1, 0.15) is 54.9 Å². The summed E-state index contributed by atoms with van der Waals surface area (Å²) < 4.78 is 6.95. The Kier molecular flexibility index (Phi) is 3.76. The average molecular weight is 281 g/mol. The van der Waals surface area contributed by atoms with Crippen molar-refractivity contribution < 1.29 is 4.74 Å². The normalized spacial score (nSPS) is 18.4. The fraction of sp³-hybridized carbons (Fsp3) is 0.750. The number of ether oxygens (including phenoxy) is 1. The van der Waals surface area contributed by atoms with Crippen molar-refractivity contribution in [3.63, 3.8) is 0 Å². The molecule has 2 aromatic heterocycles. The summed E-state index contributed by atoms with van der Waals surface area (Å²) in [6, 6.07) is -0.0805. The van der Waals surface area contributed by atoms with Crippen molar-refractivity contribution in [3.8, 4) is 0 Å². The van der Waals surface area contributed by atoms with Gasteiger partial charge in [-0.1, -0.05) is 24.2 Å². The van der Waals surface area contributed by atoms with E-state index in [0.717, 1.165) is 22.2 Å². The van der Waals surface area contributed by atoms with Crippen LogP contribution in [0.25, 0.3) is 4.96 Å². The minimum Gasteiger partial charge on any atom is -0.385 e. The van der Waals surface area contributed by atoms with Gasteiger partial charge in [-0.25, -0.2) is 0 Å². The lowest BCUT2D eigenvalue weighted by molar-refractivity contribution is 0.188. The molecule has 1 saturated carbocycles. The molecule has 2 aromatic rings. The molecule has 3 rings (SSSR count). The van der Waals surface area contributed by atoms with Gasteiger partial charge in [0.1, 0.15) is 5.01 Å². The Morgan fingerprint density at radius 3 is 2.95 bits per heavy atom. The second kappa shape index (κ2) is 5.52. The highest BCUT2D eigenvalue weighted by Crippen LogP contribution is 2.34. The predicted molar refractivity (Wildman–Crippen MR) is 73.3 cm³/mol. The molecule has 19 heavy (non-hydrogen) atoms. The molecule has 0 spiro atoms. The number of nitrogens with two attached hydrogens (primary N) is 1. The minimum atomic E-state index is -0.0805. The molecular weight excluding hydrogens is 262 g/mol. The number of nitrogens with zero attached hydrogens (tertiary/aromatic N) is 4. The van der Waals surface area contributed by atoms with Crippen molar-refractivity contribution in [3.05, 3.63) is 10.8 Å². The Bertz CT molecular complexity index is 545. The van der Waals surface area contributed by atoms with Crippen molar-refractivity contribution in [1.82, 2.24) is 19.8 Å². The summed E-state index contributed by atoms with van der Waals surface area (Å²) in [6.45, 7) is 0.650. The number of hydrogen-bond acceptors (Lipinski definition) is 6. The van der Waals surface area contributed by atoms with Crippen LogP contribution in [0.2, 0.25) is 0 Å². The summed E-state index contributed by atoms with van der Waals surface area (Å²) in [5.74, 6) is 1.52. The minimum absolute atomic E-state index is 0.0805. The van der Waals surface area contributed by atoms with Gasteiger partial charge in [0, 0.05) is 19.6 Å². The third kappa shape index (κ3) is 2.50. The molecule has 1 aliphatic rings. The van der Waals surface area contributed by atoms with E-state index >= 15 is 0 Å². The zero-order valence-corrected chi connectivity index (χ0v) is 11.9. The Hall–Kier alpha value is -1.05. The summed E-state index contributed by atoms with van der Waals surface area (Å²) in [6.07, 6.45) is 5.74. The van der Waals surface area contributed by atoms with E-state index in [2.05, 4.69) is 15.3 Å². The first-order valence-corrected chi connectivity index (χ1v) is 7.58. The molecule has 1 fully saturated rings. The average Bonchev–Trinajstić information content (AvgIpc) is 3.09. The smallest absolute Gasteiger partial charge is 0.234 e. The molecular formula is C12H19N5OS. The molecule has 104 valence electrons. The number of hydrogen-bond donors (Lipinski definition) is 1. The topological polar surface area (TPSA) is 78.3 Å². The van der Waals surface area contributed by atoms with E-state index in [0.29, 0.717) is 12.5 Å². The molecule has 1 unspecified atom stereocenters. The van der Waals surface area contributed by atoms with Crippen LogP contribution in [0.4, 0.5) is 0 Å². The summed E-state index contributed by atoms with van der Waals surface area (Å²) in [5.41, 5.74) is 6.11. The standard InChI is InChI=1S/C12H19N5OS/c1-18-7-6-9(13)11-16-17-10(8-4-2-3-5-8)14-15-12(17)19-11/h8-9H,2-7,13H2,1H3. The lowest BCUT2D eigenvalue weighted by Gasteiger charge is -2.06. The molecule has 2 heterocycles. The highest BCUT2D eigenvalue weighted by atomic mass is 32.1. The van der Waals surface area contributed by atoms with Crippen LogP contribution in [0, 0.1) is 0 Å². The molecule has 7 heteroatoms. The maximum atomic E-state index is 6.11. The van der Waals surface area contributed by atoms with E-state index in [4.69, 9.17) is 10.5 Å². The number of rotatable bonds is 5. The molecule has 1 aliphatic carbocycles. The van der Waals surface area contributed by atoms with E-state index < -0.39 is 0 Å². The van der Waals surface area contributed by atoms with E-state index in [9.17, 15) is 0 Å². The maximum absolute atomic E-state index is 6.11. The van der Waals surface area contributed by atoms with Crippen molar-refractivity contribution >= 4 is 16.3 Å². The molecule has 6 nitrogen and oxygen atoms in total. The van der Waals surface area contributed by atoms with Crippen LogP contribution in [-0.2, 0) is 4.74 Å². The second-order valence-electron chi connectivity index (χ2n) is 5.06. The van der Waals surface area contributed by atoms with Gasteiger partial charge in [-0.05, 0) is 19.3 Å². The van der Waals surface area contributed by atoms with E-state index in [1.54, 1.807) is 7.11 Å². The van der Waals surface area contributed by atoms with E-state index in [1.165, 1.54) is 37.0 Å². The van der Waals surface area contributed by atoms with Gasteiger partial charge in [0.2, 0.25) is 4.96 Å². The molecule has 0 radical (unpaired) electrons. The van der Waals surface area contributed by atoms with Crippen LogP contribution in [0.3, 0.4) is 0 Å². The Balaban J connectivity index is 1.84. The lowest BCUT2D eigenvalue weighted by atomic mass is 10.1. The quantitative estimate of drug-likeness (QED) is 0.905. The van der Waals surface area contributed by atoms with Crippen molar-refractivity contribution in [2.45, 2.75) is 44.1 Å². The number of fused-ring (bicyclic) bond motifs is 1. The highest BCUT2D eigenvalue weighted by Gasteiger charge is 2.24. The van der Waals surface area contributed by atoms with Gasteiger partial charge in [0.05, 0.1) is 6.04 Å². The highest BCUT2D eigenvalue weighted by molar-refractivity contribution is 7.16. The Morgan fingerprint density at radius 1 is 1.42 bits per heavy atom. The lowest BCUT2D eigenvalue weighted by Crippen LogP contribution is -2.13.